The molecule has 46 heavy (non-hydrogen) atoms. The summed E-state index contributed by atoms with van der Waals surface area (Å²) in [4.78, 5) is 42.0. The van der Waals surface area contributed by atoms with Crippen LogP contribution in [0.15, 0.2) is 84.9 Å². The number of carbonyl (C=O) groups is 3. The van der Waals surface area contributed by atoms with Crippen LogP contribution in [0.1, 0.15) is 58.2 Å². The van der Waals surface area contributed by atoms with Gasteiger partial charge < -0.3 is 20.5 Å². The maximum atomic E-state index is 14.2. The minimum Gasteiger partial charge on any atom is -0.489 e. The van der Waals surface area contributed by atoms with E-state index in [0.717, 1.165) is 27.8 Å². The predicted molar refractivity (Wildman–Crippen MR) is 181 cm³/mol. The molecule has 1 aliphatic carbocycles. The number of aryl methyl sites for hydroxylation is 5. The first-order valence-corrected chi connectivity index (χ1v) is 15.6. The Balaban J connectivity index is 1.52. The average molecular weight is 619 g/mol. The minimum atomic E-state index is -1.71. The maximum absolute atomic E-state index is 14.2. The molecule has 3 N–H and O–H groups in total. The van der Waals surface area contributed by atoms with E-state index >= 15 is 0 Å². The fourth-order valence-electron chi connectivity index (χ4n) is 6.29. The zero-order valence-electron chi connectivity index (χ0n) is 27.3. The van der Waals surface area contributed by atoms with Crippen molar-refractivity contribution in [2.24, 2.45) is 11.8 Å². The third kappa shape index (κ3) is 7.21. The van der Waals surface area contributed by atoms with E-state index in [9.17, 15) is 19.5 Å². The Morgan fingerprint density at radius 1 is 0.761 bits per heavy atom. The van der Waals surface area contributed by atoms with E-state index in [2.05, 4.69) is 10.6 Å². The molecule has 7 heteroatoms. The van der Waals surface area contributed by atoms with Crippen LogP contribution >= 0.6 is 0 Å². The van der Waals surface area contributed by atoms with Gasteiger partial charge in [-0.1, -0.05) is 66.2 Å². The van der Waals surface area contributed by atoms with E-state index in [1.165, 1.54) is 12.5 Å². The van der Waals surface area contributed by atoms with Gasteiger partial charge in [-0.15, -0.1) is 0 Å². The van der Waals surface area contributed by atoms with Gasteiger partial charge in [0.05, 0.1) is 11.5 Å². The van der Waals surface area contributed by atoms with Gasteiger partial charge in [-0.3, -0.25) is 14.4 Å². The van der Waals surface area contributed by atoms with E-state index in [-0.39, 0.29) is 6.42 Å². The van der Waals surface area contributed by atoms with Gasteiger partial charge in [-0.2, -0.15) is 0 Å². The molecule has 1 aliphatic rings. The summed E-state index contributed by atoms with van der Waals surface area (Å²) in [5.74, 6) is -4.06. The standard InChI is InChI=1S/C39H42N2O5/c1-23-9-13-28(14-10-23)22-46-30-17-15-29(16-18-30)34-35(37(43)40-31-19-24(2)7-11-26(31)4)33(42)21-39(6,45)36(34)38(44)41-32-20-25(3)8-12-27(32)5/h7-20,34-36,45H,21-22H2,1-6H3,(H,40,43)(H,41,44). The van der Waals surface area contributed by atoms with Gasteiger partial charge in [0, 0.05) is 23.7 Å². The summed E-state index contributed by atoms with van der Waals surface area (Å²) in [6.45, 7) is 11.5. The van der Waals surface area contributed by atoms with Gasteiger partial charge in [-0.05, 0) is 99.2 Å². The number of hydrogen-bond acceptors (Lipinski definition) is 5. The fraction of sp³-hybridized carbons (Fsp3) is 0.308. The van der Waals surface area contributed by atoms with Crippen LogP contribution in [-0.2, 0) is 21.0 Å². The zero-order valence-corrected chi connectivity index (χ0v) is 27.3. The predicted octanol–water partition coefficient (Wildman–Crippen LogP) is 7.12. The molecule has 4 aromatic carbocycles. The van der Waals surface area contributed by atoms with Crippen molar-refractivity contribution in [3.05, 3.63) is 124 Å². The van der Waals surface area contributed by atoms with Crippen LogP contribution in [0.2, 0.25) is 0 Å². The van der Waals surface area contributed by atoms with Crippen LogP contribution in [0.5, 0.6) is 5.75 Å². The van der Waals surface area contributed by atoms with Crippen molar-refractivity contribution >= 4 is 29.0 Å². The normalized spacial score (nSPS) is 21.0. The summed E-state index contributed by atoms with van der Waals surface area (Å²) in [6.07, 6.45) is -0.336. The summed E-state index contributed by atoms with van der Waals surface area (Å²) in [5, 5.41) is 17.7. The van der Waals surface area contributed by atoms with Crippen LogP contribution < -0.4 is 15.4 Å². The Morgan fingerprint density at radius 2 is 1.28 bits per heavy atom. The number of Topliss-reactive ketones (excluding diaryl/α,β-unsaturated/α-hetero) is 1. The van der Waals surface area contributed by atoms with Gasteiger partial charge in [-0.25, -0.2) is 0 Å². The van der Waals surface area contributed by atoms with Crippen molar-refractivity contribution in [1.29, 1.82) is 0 Å². The maximum Gasteiger partial charge on any atom is 0.235 e. The molecule has 238 valence electrons. The number of ketones is 1. The minimum absolute atomic E-state index is 0.336. The van der Waals surface area contributed by atoms with Crippen molar-refractivity contribution in [1.82, 2.24) is 0 Å². The van der Waals surface area contributed by atoms with Gasteiger partial charge in [0.1, 0.15) is 24.1 Å². The summed E-state index contributed by atoms with van der Waals surface area (Å²) >= 11 is 0. The van der Waals surface area contributed by atoms with Crippen LogP contribution in [-0.4, -0.2) is 28.3 Å². The summed E-state index contributed by atoms with van der Waals surface area (Å²) < 4.78 is 6.02. The average Bonchev–Trinajstić information content (AvgIpc) is 3.00. The van der Waals surface area contributed by atoms with Gasteiger partial charge in [0.2, 0.25) is 11.8 Å². The van der Waals surface area contributed by atoms with Crippen LogP contribution in [0.4, 0.5) is 11.4 Å². The third-order valence-electron chi connectivity index (χ3n) is 8.93. The van der Waals surface area contributed by atoms with E-state index in [1.807, 2.05) is 95.3 Å². The van der Waals surface area contributed by atoms with E-state index in [4.69, 9.17) is 4.74 Å². The Labute approximate surface area is 271 Å². The molecule has 0 bridgehead atoms. The lowest BCUT2D eigenvalue weighted by molar-refractivity contribution is -0.150. The molecule has 4 atom stereocenters. The van der Waals surface area contributed by atoms with Crippen molar-refractivity contribution in [2.45, 2.75) is 66.1 Å². The molecule has 0 spiro atoms. The molecule has 7 nitrogen and oxygen atoms in total. The lowest BCUT2D eigenvalue weighted by atomic mass is 9.61. The summed E-state index contributed by atoms with van der Waals surface area (Å²) in [7, 11) is 0. The van der Waals surface area contributed by atoms with E-state index in [1.54, 1.807) is 24.3 Å². The van der Waals surface area contributed by atoms with Crippen LogP contribution in [0.25, 0.3) is 0 Å². The molecule has 4 aromatic rings. The number of aliphatic hydroxyl groups is 1. The highest BCUT2D eigenvalue weighted by Gasteiger charge is 2.56. The van der Waals surface area contributed by atoms with Gasteiger partial charge in [0.25, 0.3) is 0 Å². The SMILES string of the molecule is Cc1ccc(COc2ccc(C3C(C(=O)Nc4cc(C)ccc4C)C(=O)CC(C)(O)C3C(=O)Nc3cc(C)ccc3C)cc2)cc1. The largest absolute Gasteiger partial charge is 0.489 e. The molecule has 1 saturated carbocycles. The number of nitrogens with one attached hydrogen (secondary N) is 2. The topological polar surface area (TPSA) is 105 Å². The van der Waals surface area contributed by atoms with Crippen molar-refractivity contribution in [3.8, 4) is 5.75 Å². The van der Waals surface area contributed by atoms with Crippen molar-refractivity contribution in [3.63, 3.8) is 0 Å². The number of benzene rings is 4. The molecule has 0 saturated heterocycles. The first kappa shape index (κ1) is 32.6. The second-order valence-electron chi connectivity index (χ2n) is 12.9. The highest BCUT2D eigenvalue weighted by molar-refractivity contribution is 6.10. The molecule has 1 fully saturated rings. The molecular weight excluding hydrogens is 576 g/mol. The first-order chi connectivity index (χ1) is 21.8. The highest BCUT2D eigenvalue weighted by atomic mass is 16.5. The number of anilines is 2. The molecule has 0 aromatic heterocycles. The smallest absolute Gasteiger partial charge is 0.235 e. The summed E-state index contributed by atoms with van der Waals surface area (Å²) in [6, 6.07) is 26.6. The van der Waals surface area contributed by atoms with Crippen LogP contribution in [0.3, 0.4) is 0 Å². The van der Waals surface area contributed by atoms with Gasteiger partial charge in [0.15, 0.2) is 0 Å². The Hall–Kier alpha value is -4.75. The quantitative estimate of drug-likeness (QED) is 0.182. The second kappa shape index (κ2) is 13.3. The number of ether oxygens (including phenoxy) is 1. The lowest BCUT2D eigenvalue weighted by Gasteiger charge is -2.44. The number of rotatable bonds is 8. The number of hydrogen-bond donors (Lipinski definition) is 3. The first-order valence-electron chi connectivity index (χ1n) is 15.6. The molecule has 0 radical (unpaired) electrons. The van der Waals surface area contributed by atoms with Crippen molar-refractivity contribution in [2.75, 3.05) is 10.6 Å². The fourth-order valence-corrected chi connectivity index (χ4v) is 6.29. The van der Waals surface area contributed by atoms with E-state index < -0.39 is 41.0 Å². The molecule has 5 rings (SSSR count). The van der Waals surface area contributed by atoms with Gasteiger partial charge >= 0.3 is 0 Å². The Morgan fingerprint density at radius 3 is 1.85 bits per heavy atom. The second-order valence-corrected chi connectivity index (χ2v) is 12.9. The molecule has 0 heterocycles. The highest BCUT2D eigenvalue weighted by Crippen LogP contribution is 2.47. The molecule has 2 amide bonds. The summed E-state index contributed by atoms with van der Waals surface area (Å²) in [5.41, 5.74) is 5.92. The van der Waals surface area contributed by atoms with Crippen LogP contribution in [0, 0.1) is 46.5 Å². The Bertz CT molecular complexity index is 1760. The molecule has 4 unspecified atom stereocenters. The molecular formula is C39H42N2O5. The van der Waals surface area contributed by atoms with Crippen molar-refractivity contribution < 1.29 is 24.2 Å². The Kier molecular flexibility index (Phi) is 9.44. The lowest BCUT2D eigenvalue weighted by Crippen LogP contribution is -2.56. The zero-order chi connectivity index (χ0) is 33.2. The van der Waals surface area contributed by atoms with E-state index in [0.29, 0.717) is 29.3 Å². The number of carbonyl (C=O) groups excluding carboxylic acids is 3. The molecule has 0 aliphatic heterocycles. The number of amides is 2. The third-order valence-corrected chi connectivity index (χ3v) is 8.93. The monoisotopic (exact) mass is 618 g/mol.